The fourth-order valence-electron chi connectivity index (χ4n) is 3.71. The summed E-state index contributed by atoms with van der Waals surface area (Å²) < 4.78 is 7.91. The molecule has 0 saturated heterocycles. The molecular weight excluding hydrogens is 338 g/mol. The van der Waals surface area contributed by atoms with Crippen LogP contribution in [0.4, 0.5) is 0 Å². The highest BCUT2D eigenvalue weighted by atomic mass is 16.5. The van der Waals surface area contributed by atoms with Crippen LogP contribution in [0.25, 0.3) is 11.0 Å². The highest BCUT2D eigenvalue weighted by Crippen LogP contribution is 2.26. The van der Waals surface area contributed by atoms with Crippen LogP contribution in [0.3, 0.4) is 0 Å². The number of para-hydroxylation sites is 1. The molecule has 0 saturated carbocycles. The van der Waals surface area contributed by atoms with Crippen LogP contribution in [0.15, 0.2) is 42.5 Å². The summed E-state index contributed by atoms with van der Waals surface area (Å²) in [5.74, 6) is 2.52. The van der Waals surface area contributed by atoms with Gasteiger partial charge in [-0.05, 0) is 43.5 Å². The van der Waals surface area contributed by atoms with E-state index in [1.54, 1.807) is 0 Å². The van der Waals surface area contributed by atoms with E-state index in [0.717, 1.165) is 41.1 Å². The minimum Gasteiger partial charge on any atom is -0.494 e. The zero-order valence-corrected chi connectivity index (χ0v) is 15.9. The lowest BCUT2D eigenvalue weighted by Gasteiger charge is -2.20. The average Bonchev–Trinajstić information content (AvgIpc) is 3.03. The van der Waals surface area contributed by atoms with Crippen LogP contribution in [0.2, 0.25) is 0 Å². The number of benzene rings is 2. The first kappa shape index (κ1) is 17.6. The first-order valence-electron chi connectivity index (χ1n) is 9.63. The van der Waals surface area contributed by atoms with Gasteiger partial charge in [0.2, 0.25) is 0 Å². The van der Waals surface area contributed by atoms with E-state index in [2.05, 4.69) is 16.8 Å². The van der Waals surface area contributed by atoms with Gasteiger partial charge in [-0.15, -0.1) is 0 Å². The summed E-state index contributed by atoms with van der Waals surface area (Å²) in [5.41, 5.74) is 3.64. The number of aromatic nitrogens is 2. The second-order valence-corrected chi connectivity index (χ2v) is 7.20. The summed E-state index contributed by atoms with van der Waals surface area (Å²) in [4.78, 5) is 17.4. The molecule has 1 aromatic heterocycles. The third-order valence-electron chi connectivity index (χ3n) is 5.18. The molecule has 3 aromatic rings. The average molecular weight is 363 g/mol. The minimum atomic E-state index is -0.0949. The molecule has 0 spiro atoms. The molecule has 0 bridgehead atoms. The van der Waals surface area contributed by atoms with Gasteiger partial charge in [-0.2, -0.15) is 0 Å². The van der Waals surface area contributed by atoms with Gasteiger partial charge in [0.1, 0.15) is 11.6 Å². The Bertz CT molecular complexity index is 977. The van der Waals surface area contributed by atoms with Crippen molar-refractivity contribution in [3.8, 4) is 5.75 Å². The van der Waals surface area contributed by atoms with Crippen LogP contribution in [-0.4, -0.2) is 22.1 Å². The number of nitrogens with zero attached hydrogens (tertiary/aromatic N) is 2. The Morgan fingerprint density at radius 1 is 1.30 bits per heavy atom. The first-order valence-corrected chi connectivity index (χ1v) is 9.63. The molecule has 2 aromatic carbocycles. The normalized spacial score (nSPS) is 16.1. The Hall–Kier alpha value is -2.82. The molecule has 1 aliphatic rings. The number of imidazole rings is 1. The van der Waals surface area contributed by atoms with Crippen LogP contribution < -0.4 is 10.1 Å². The van der Waals surface area contributed by atoms with E-state index in [9.17, 15) is 4.79 Å². The molecule has 5 nitrogen and oxygen atoms in total. The molecule has 140 valence electrons. The van der Waals surface area contributed by atoms with Gasteiger partial charge in [0, 0.05) is 30.6 Å². The molecule has 1 aliphatic heterocycles. The maximum Gasteiger partial charge on any atom is 0.251 e. The Balaban J connectivity index is 1.52. The lowest BCUT2D eigenvalue weighted by atomic mass is 10.0. The Kier molecular flexibility index (Phi) is 4.84. The van der Waals surface area contributed by atoms with Gasteiger partial charge in [-0.1, -0.05) is 25.1 Å². The summed E-state index contributed by atoms with van der Waals surface area (Å²) in [6.45, 7) is 6.26. The van der Waals surface area contributed by atoms with Crippen molar-refractivity contribution in [2.24, 2.45) is 5.92 Å². The first-order chi connectivity index (χ1) is 13.2. The van der Waals surface area contributed by atoms with Crippen molar-refractivity contribution in [1.82, 2.24) is 14.9 Å². The quantitative estimate of drug-likeness (QED) is 0.747. The third-order valence-corrected chi connectivity index (χ3v) is 5.18. The maximum atomic E-state index is 12.6. The topological polar surface area (TPSA) is 56.1 Å². The largest absolute Gasteiger partial charge is 0.494 e. The molecule has 27 heavy (non-hydrogen) atoms. The zero-order valence-electron chi connectivity index (χ0n) is 15.9. The van der Waals surface area contributed by atoms with Crippen molar-refractivity contribution in [2.75, 3.05) is 6.61 Å². The van der Waals surface area contributed by atoms with Crippen molar-refractivity contribution in [3.63, 3.8) is 0 Å². The number of carbonyl (C=O) groups excluding carboxylic acids is 1. The second kappa shape index (κ2) is 7.43. The van der Waals surface area contributed by atoms with E-state index in [-0.39, 0.29) is 5.91 Å². The zero-order chi connectivity index (χ0) is 18.8. The summed E-state index contributed by atoms with van der Waals surface area (Å²) in [6, 6.07) is 13.6. The van der Waals surface area contributed by atoms with Crippen LogP contribution in [0.1, 0.15) is 42.0 Å². The van der Waals surface area contributed by atoms with Gasteiger partial charge >= 0.3 is 0 Å². The lowest BCUT2D eigenvalue weighted by molar-refractivity contribution is 0.0950. The molecule has 0 radical (unpaired) electrons. The van der Waals surface area contributed by atoms with Gasteiger partial charge in [-0.3, -0.25) is 4.79 Å². The highest BCUT2D eigenvalue weighted by molar-refractivity contribution is 5.97. The van der Waals surface area contributed by atoms with E-state index in [1.165, 1.54) is 6.42 Å². The summed E-state index contributed by atoms with van der Waals surface area (Å²) in [5, 5.41) is 2.99. The fraction of sp³-hybridized carbons (Fsp3) is 0.364. The monoisotopic (exact) mass is 363 g/mol. The Labute approximate surface area is 159 Å². The summed E-state index contributed by atoms with van der Waals surface area (Å²) >= 11 is 0. The SMILES string of the molecule is CCOc1ccccc1CNC(=O)c1ccc2c(c1)nc1n2CC[C@@H](C)C1. The number of amides is 1. The molecule has 0 aliphatic carbocycles. The number of rotatable bonds is 5. The molecule has 1 atom stereocenters. The molecule has 5 heteroatoms. The van der Waals surface area contributed by atoms with Crippen molar-refractivity contribution < 1.29 is 9.53 Å². The van der Waals surface area contributed by atoms with Crippen LogP contribution in [0.5, 0.6) is 5.75 Å². The van der Waals surface area contributed by atoms with Crippen LogP contribution in [-0.2, 0) is 19.5 Å². The van der Waals surface area contributed by atoms with E-state index < -0.39 is 0 Å². The fourth-order valence-corrected chi connectivity index (χ4v) is 3.71. The maximum absolute atomic E-state index is 12.6. The molecule has 4 rings (SSSR count). The van der Waals surface area contributed by atoms with Gasteiger partial charge < -0.3 is 14.6 Å². The van der Waals surface area contributed by atoms with Crippen molar-refractivity contribution >= 4 is 16.9 Å². The third kappa shape index (κ3) is 3.54. The van der Waals surface area contributed by atoms with Crippen LogP contribution in [0, 0.1) is 5.92 Å². The summed E-state index contributed by atoms with van der Waals surface area (Å²) in [6.07, 6.45) is 2.18. The van der Waals surface area contributed by atoms with E-state index >= 15 is 0 Å². The lowest BCUT2D eigenvalue weighted by Crippen LogP contribution is -2.23. The predicted octanol–water partition coefficient (Wildman–Crippen LogP) is 3.95. The number of hydrogen-bond acceptors (Lipinski definition) is 3. The smallest absolute Gasteiger partial charge is 0.251 e. The number of aryl methyl sites for hydroxylation is 1. The molecule has 0 unspecified atom stereocenters. The molecule has 1 amide bonds. The van der Waals surface area contributed by atoms with Crippen molar-refractivity contribution in [3.05, 3.63) is 59.4 Å². The van der Waals surface area contributed by atoms with Crippen LogP contribution >= 0.6 is 0 Å². The molecule has 1 N–H and O–H groups in total. The summed E-state index contributed by atoms with van der Waals surface area (Å²) in [7, 11) is 0. The molecule has 2 heterocycles. The standard InChI is InChI=1S/C22H25N3O2/c1-3-27-20-7-5-4-6-17(20)14-23-22(26)16-8-9-19-18(13-16)24-21-12-15(2)10-11-25(19)21/h4-9,13,15H,3,10-12,14H2,1-2H3,(H,23,26)/t15-/m1/s1. The van der Waals surface area contributed by atoms with Gasteiger partial charge in [0.05, 0.1) is 17.6 Å². The minimum absolute atomic E-state index is 0.0949. The highest BCUT2D eigenvalue weighted by Gasteiger charge is 2.19. The number of carbonyl (C=O) groups is 1. The number of fused-ring (bicyclic) bond motifs is 3. The number of hydrogen-bond donors (Lipinski definition) is 1. The number of ether oxygens (including phenoxy) is 1. The molecule has 0 fully saturated rings. The second-order valence-electron chi connectivity index (χ2n) is 7.20. The van der Waals surface area contributed by atoms with Crippen molar-refractivity contribution in [1.29, 1.82) is 0 Å². The van der Waals surface area contributed by atoms with Crippen molar-refractivity contribution in [2.45, 2.75) is 39.8 Å². The van der Waals surface area contributed by atoms with Gasteiger partial charge in [0.15, 0.2) is 0 Å². The number of nitrogens with one attached hydrogen (secondary N) is 1. The Morgan fingerprint density at radius 2 is 2.15 bits per heavy atom. The van der Waals surface area contributed by atoms with E-state index in [1.807, 2.05) is 49.4 Å². The molecular formula is C22H25N3O2. The van der Waals surface area contributed by atoms with E-state index in [4.69, 9.17) is 9.72 Å². The van der Waals surface area contributed by atoms with Gasteiger partial charge in [-0.25, -0.2) is 4.98 Å². The van der Waals surface area contributed by atoms with E-state index in [0.29, 0.717) is 24.6 Å². The predicted molar refractivity (Wildman–Crippen MR) is 106 cm³/mol. The Morgan fingerprint density at radius 3 is 3.00 bits per heavy atom. The van der Waals surface area contributed by atoms with Gasteiger partial charge in [0.25, 0.3) is 5.91 Å².